The first kappa shape index (κ1) is 14.1. The van der Waals surface area contributed by atoms with Gasteiger partial charge in [-0.3, -0.25) is 4.79 Å². The van der Waals surface area contributed by atoms with Gasteiger partial charge in [0.25, 0.3) is 0 Å². The lowest BCUT2D eigenvalue weighted by Gasteiger charge is -2.21. The summed E-state index contributed by atoms with van der Waals surface area (Å²) in [5.74, 6) is 2.42. The van der Waals surface area contributed by atoms with Crippen molar-refractivity contribution < 1.29 is 9.59 Å². The molecule has 3 unspecified atom stereocenters. The number of amides is 2. The monoisotopic (exact) mass is 286 g/mol. The minimum Gasteiger partial charge on any atom is -0.338 e. The molecule has 4 nitrogen and oxygen atoms in total. The largest absolute Gasteiger partial charge is 0.338 e. The van der Waals surface area contributed by atoms with Crippen molar-refractivity contribution in [3.63, 3.8) is 0 Å². The predicted octanol–water partition coefficient (Wildman–Crippen LogP) is 3.45. The molecule has 0 heterocycles. The second kappa shape index (κ2) is 5.88. The van der Waals surface area contributed by atoms with E-state index in [2.05, 4.69) is 10.6 Å². The molecule has 0 radical (unpaired) electrons. The molecule has 4 heteroatoms. The molecule has 2 N–H and O–H groups in total. The Labute approximate surface area is 125 Å². The van der Waals surface area contributed by atoms with Gasteiger partial charge in [-0.05, 0) is 68.2 Å². The topological polar surface area (TPSA) is 58.2 Å². The van der Waals surface area contributed by atoms with Gasteiger partial charge >= 0.3 is 6.03 Å². The molecule has 0 aliphatic heterocycles. The number of urea groups is 1. The van der Waals surface area contributed by atoms with Gasteiger partial charge in [-0.15, -0.1) is 0 Å². The van der Waals surface area contributed by atoms with Crippen LogP contribution in [0.15, 0.2) is 24.3 Å². The minimum atomic E-state index is -0.159. The van der Waals surface area contributed by atoms with Crippen molar-refractivity contribution in [3.8, 4) is 0 Å². The smallest absolute Gasteiger partial charge is 0.319 e. The summed E-state index contributed by atoms with van der Waals surface area (Å²) in [4.78, 5) is 23.1. The standard InChI is InChI=1S/C17H22N2O2/c1-11(20)13-4-6-16(7-5-13)19-17(21)18-10-15-9-12-2-3-14(15)8-12/h4-7,12,14-15H,2-3,8-10H2,1H3,(H2,18,19,21). The van der Waals surface area contributed by atoms with E-state index in [1.807, 2.05) is 0 Å². The van der Waals surface area contributed by atoms with Crippen molar-refractivity contribution in [2.24, 2.45) is 17.8 Å². The molecule has 2 aliphatic carbocycles. The summed E-state index contributed by atoms with van der Waals surface area (Å²) in [7, 11) is 0. The van der Waals surface area contributed by atoms with Crippen LogP contribution < -0.4 is 10.6 Å². The van der Waals surface area contributed by atoms with Crippen molar-refractivity contribution in [2.75, 3.05) is 11.9 Å². The van der Waals surface area contributed by atoms with Crippen LogP contribution in [0.4, 0.5) is 10.5 Å². The molecular formula is C17H22N2O2. The normalized spacial score (nSPS) is 26.6. The zero-order chi connectivity index (χ0) is 14.8. The van der Waals surface area contributed by atoms with Crippen LogP contribution in [0.25, 0.3) is 0 Å². The number of anilines is 1. The highest BCUT2D eigenvalue weighted by molar-refractivity contribution is 5.95. The van der Waals surface area contributed by atoms with E-state index in [0.29, 0.717) is 17.2 Å². The summed E-state index contributed by atoms with van der Waals surface area (Å²) in [5, 5.41) is 5.79. The van der Waals surface area contributed by atoms with Crippen LogP contribution in [-0.2, 0) is 0 Å². The Kier molecular flexibility index (Phi) is 3.95. The molecule has 2 saturated carbocycles. The Morgan fingerprint density at radius 2 is 1.90 bits per heavy atom. The number of carbonyl (C=O) groups is 2. The number of carbonyl (C=O) groups excluding carboxylic acids is 2. The van der Waals surface area contributed by atoms with Gasteiger partial charge in [0.2, 0.25) is 0 Å². The molecule has 0 spiro atoms. The third kappa shape index (κ3) is 3.26. The van der Waals surface area contributed by atoms with Gasteiger partial charge in [-0.1, -0.05) is 6.42 Å². The van der Waals surface area contributed by atoms with E-state index in [-0.39, 0.29) is 11.8 Å². The molecule has 21 heavy (non-hydrogen) atoms. The number of rotatable bonds is 4. The van der Waals surface area contributed by atoms with Gasteiger partial charge in [-0.2, -0.15) is 0 Å². The minimum absolute atomic E-state index is 0.0299. The fourth-order valence-electron chi connectivity index (χ4n) is 3.81. The lowest BCUT2D eigenvalue weighted by Crippen LogP contribution is -2.34. The Balaban J connectivity index is 1.46. The van der Waals surface area contributed by atoms with E-state index in [4.69, 9.17) is 0 Å². The predicted molar refractivity (Wildman–Crippen MR) is 82.4 cm³/mol. The Morgan fingerprint density at radius 3 is 2.48 bits per heavy atom. The number of Topliss-reactive ketones (excluding diaryl/α,β-unsaturated/α-hetero) is 1. The number of hydrogen-bond donors (Lipinski definition) is 2. The molecule has 0 saturated heterocycles. The number of ketones is 1. The summed E-state index contributed by atoms with van der Waals surface area (Å²) < 4.78 is 0. The second-order valence-electron chi connectivity index (χ2n) is 6.40. The van der Waals surface area contributed by atoms with Gasteiger partial charge < -0.3 is 10.6 Å². The molecule has 2 aliphatic rings. The van der Waals surface area contributed by atoms with Crippen molar-refractivity contribution >= 4 is 17.5 Å². The summed E-state index contributed by atoms with van der Waals surface area (Å²) in [6.45, 7) is 2.31. The molecule has 112 valence electrons. The fraction of sp³-hybridized carbons (Fsp3) is 0.529. The molecule has 1 aromatic rings. The van der Waals surface area contributed by atoms with E-state index in [1.54, 1.807) is 24.3 Å². The molecule has 0 aromatic heterocycles. The highest BCUT2D eigenvalue weighted by Crippen LogP contribution is 2.47. The van der Waals surface area contributed by atoms with Crippen molar-refractivity contribution in [2.45, 2.75) is 32.6 Å². The average Bonchev–Trinajstić information content (AvgIpc) is 3.08. The fourth-order valence-corrected chi connectivity index (χ4v) is 3.81. The third-order valence-corrected chi connectivity index (χ3v) is 4.96. The van der Waals surface area contributed by atoms with E-state index in [0.717, 1.165) is 18.4 Å². The highest BCUT2D eigenvalue weighted by atomic mass is 16.2. The van der Waals surface area contributed by atoms with E-state index >= 15 is 0 Å². The van der Waals surface area contributed by atoms with E-state index in [9.17, 15) is 9.59 Å². The van der Waals surface area contributed by atoms with Crippen LogP contribution in [0, 0.1) is 17.8 Å². The average molecular weight is 286 g/mol. The first-order valence-corrected chi connectivity index (χ1v) is 7.77. The summed E-state index contributed by atoms with van der Waals surface area (Å²) in [5.41, 5.74) is 1.37. The summed E-state index contributed by atoms with van der Waals surface area (Å²) >= 11 is 0. The maximum absolute atomic E-state index is 11.9. The van der Waals surface area contributed by atoms with Crippen molar-refractivity contribution in [1.29, 1.82) is 0 Å². The Bertz CT molecular complexity index is 538. The van der Waals surface area contributed by atoms with E-state index < -0.39 is 0 Å². The van der Waals surface area contributed by atoms with Crippen LogP contribution >= 0.6 is 0 Å². The van der Waals surface area contributed by atoms with Crippen LogP contribution in [0.1, 0.15) is 43.0 Å². The maximum Gasteiger partial charge on any atom is 0.319 e. The number of nitrogens with one attached hydrogen (secondary N) is 2. The lowest BCUT2D eigenvalue weighted by molar-refractivity contribution is 0.101. The van der Waals surface area contributed by atoms with Gasteiger partial charge in [0.1, 0.15) is 0 Å². The SMILES string of the molecule is CC(=O)c1ccc(NC(=O)NCC2CC3CCC2C3)cc1. The van der Waals surface area contributed by atoms with Crippen LogP contribution in [0.3, 0.4) is 0 Å². The number of hydrogen-bond acceptors (Lipinski definition) is 2. The van der Waals surface area contributed by atoms with E-state index in [1.165, 1.54) is 32.6 Å². The maximum atomic E-state index is 11.9. The van der Waals surface area contributed by atoms with Gasteiger partial charge in [0.15, 0.2) is 5.78 Å². The lowest BCUT2D eigenvalue weighted by atomic mass is 9.89. The Morgan fingerprint density at radius 1 is 1.14 bits per heavy atom. The quantitative estimate of drug-likeness (QED) is 0.833. The van der Waals surface area contributed by atoms with Gasteiger partial charge in [-0.25, -0.2) is 4.79 Å². The molecule has 2 bridgehead atoms. The van der Waals surface area contributed by atoms with Crippen molar-refractivity contribution in [1.82, 2.24) is 5.32 Å². The third-order valence-electron chi connectivity index (χ3n) is 4.96. The van der Waals surface area contributed by atoms with Gasteiger partial charge in [0.05, 0.1) is 0 Å². The zero-order valence-electron chi connectivity index (χ0n) is 12.4. The molecule has 2 fully saturated rings. The number of benzene rings is 1. The molecule has 3 rings (SSSR count). The summed E-state index contributed by atoms with van der Waals surface area (Å²) in [6.07, 6.45) is 5.36. The van der Waals surface area contributed by atoms with Crippen LogP contribution in [0.2, 0.25) is 0 Å². The number of fused-ring (bicyclic) bond motifs is 2. The summed E-state index contributed by atoms with van der Waals surface area (Å²) in [6, 6.07) is 6.82. The highest BCUT2D eigenvalue weighted by Gasteiger charge is 2.39. The molecule has 2 amide bonds. The Hall–Kier alpha value is -1.84. The molecule has 3 atom stereocenters. The van der Waals surface area contributed by atoms with Crippen LogP contribution in [-0.4, -0.2) is 18.4 Å². The van der Waals surface area contributed by atoms with Crippen LogP contribution in [0.5, 0.6) is 0 Å². The van der Waals surface area contributed by atoms with Gasteiger partial charge in [0, 0.05) is 17.8 Å². The van der Waals surface area contributed by atoms with Crippen molar-refractivity contribution in [3.05, 3.63) is 29.8 Å². The first-order chi connectivity index (χ1) is 10.1. The zero-order valence-corrected chi connectivity index (χ0v) is 12.4. The second-order valence-corrected chi connectivity index (χ2v) is 6.40. The molecule has 1 aromatic carbocycles. The first-order valence-electron chi connectivity index (χ1n) is 7.77. The molecular weight excluding hydrogens is 264 g/mol.